The van der Waals surface area contributed by atoms with Crippen molar-refractivity contribution >= 4 is 11.0 Å². The monoisotopic (exact) mass is 391 g/mol. The minimum atomic E-state index is -0.466. The Morgan fingerprint density at radius 1 is 0.897 bits per heavy atom. The number of fused-ring (bicyclic) bond motifs is 1. The lowest BCUT2D eigenvalue weighted by Gasteiger charge is -2.13. The highest BCUT2D eigenvalue weighted by Crippen LogP contribution is 2.30. The van der Waals surface area contributed by atoms with Crippen molar-refractivity contribution in [3.63, 3.8) is 0 Å². The summed E-state index contributed by atoms with van der Waals surface area (Å²) in [6.45, 7) is 0. The van der Waals surface area contributed by atoms with Gasteiger partial charge in [0.15, 0.2) is 5.65 Å². The molecule has 146 valence electrons. The van der Waals surface area contributed by atoms with Crippen LogP contribution < -0.4 is 16.0 Å². The number of hydrogen-bond donors (Lipinski definition) is 0. The highest BCUT2D eigenvalue weighted by Gasteiger charge is 2.17. The van der Waals surface area contributed by atoms with Gasteiger partial charge in [-0.2, -0.15) is 0 Å². The van der Waals surface area contributed by atoms with E-state index in [0.717, 1.165) is 10.1 Å². The largest absolute Gasteiger partial charge is 0.497 e. The fourth-order valence-corrected chi connectivity index (χ4v) is 3.32. The molecule has 7 heteroatoms. The summed E-state index contributed by atoms with van der Waals surface area (Å²) >= 11 is 0. The van der Waals surface area contributed by atoms with E-state index < -0.39 is 11.2 Å². The van der Waals surface area contributed by atoms with Gasteiger partial charge in [0.25, 0.3) is 5.56 Å². The van der Waals surface area contributed by atoms with Gasteiger partial charge in [-0.3, -0.25) is 13.9 Å². The Balaban J connectivity index is 2.11. The topological polar surface area (TPSA) is 66.1 Å². The van der Waals surface area contributed by atoms with Crippen LogP contribution >= 0.6 is 0 Å². The van der Waals surface area contributed by atoms with E-state index in [2.05, 4.69) is 4.98 Å². The van der Waals surface area contributed by atoms with Crippen molar-refractivity contribution in [1.29, 1.82) is 0 Å². The molecule has 0 aliphatic carbocycles. The number of ether oxygens (including phenoxy) is 1. The highest BCUT2D eigenvalue weighted by molar-refractivity contribution is 5.94. The molecule has 0 spiro atoms. The third kappa shape index (κ3) is 3.10. The Bertz CT molecular complexity index is 1340. The first kappa shape index (κ1) is 18.6. The smallest absolute Gasteiger partial charge is 0.332 e. The Morgan fingerprint density at radius 2 is 1.52 bits per heavy atom. The van der Waals surface area contributed by atoms with Crippen molar-refractivity contribution in [2.75, 3.05) is 7.11 Å². The van der Waals surface area contributed by atoms with Gasteiger partial charge in [-0.25, -0.2) is 14.2 Å². The molecular weight excluding hydrogens is 373 g/mol. The number of pyridine rings is 1. The van der Waals surface area contributed by atoms with Gasteiger partial charge in [0, 0.05) is 25.2 Å². The standard InChI is InChI=1S/C22H18FN3O3/c1-25-20-19(21(27)26(2)22(25)28)17(13-4-8-15(23)9-5-13)12-18(24-20)14-6-10-16(29-3)11-7-14/h4-12H,1-3H3. The molecule has 4 rings (SSSR count). The molecule has 0 bridgehead atoms. The van der Waals surface area contributed by atoms with Crippen LogP contribution in [0.5, 0.6) is 5.75 Å². The lowest BCUT2D eigenvalue weighted by molar-refractivity contribution is 0.415. The molecule has 0 unspecified atom stereocenters. The first-order valence-electron chi connectivity index (χ1n) is 8.92. The molecule has 0 aliphatic heterocycles. The van der Waals surface area contributed by atoms with Crippen LogP contribution in [0.1, 0.15) is 0 Å². The molecule has 2 heterocycles. The Hall–Kier alpha value is -3.74. The van der Waals surface area contributed by atoms with Gasteiger partial charge in [0.2, 0.25) is 0 Å². The SMILES string of the molecule is COc1ccc(-c2cc(-c3ccc(F)cc3)c3c(=O)n(C)c(=O)n(C)c3n2)cc1. The van der Waals surface area contributed by atoms with E-state index in [1.807, 2.05) is 24.3 Å². The van der Waals surface area contributed by atoms with E-state index in [0.29, 0.717) is 28.0 Å². The van der Waals surface area contributed by atoms with E-state index in [-0.39, 0.29) is 11.5 Å². The molecule has 2 aromatic carbocycles. The second kappa shape index (κ2) is 7.01. The average Bonchev–Trinajstić information content (AvgIpc) is 2.76. The van der Waals surface area contributed by atoms with E-state index in [1.54, 1.807) is 32.4 Å². The zero-order chi connectivity index (χ0) is 20.7. The highest BCUT2D eigenvalue weighted by atomic mass is 19.1. The summed E-state index contributed by atoms with van der Waals surface area (Å²) in [5.41, 5.74) is 1.97. The maximum atomic E-state index is 13.5. The predicted molar refractivity (Wildman–Crippen MR) is 110 cm³/mol. The lowest BCUT2D eigenvalue weighted by Crippen LogP contribution is -2.37. The number of aromatic nitrogens is 3. The van der Waals surface area contributed by atoms with Crippen LogP contribution in [-0.4, -0.2) is 21.2 Å². The molecule has 2 aromatic heterocycles. The Kier molecular flexibility index (Phi) is 4.50. The van der Waals surface area contributed by atoms with E-state index in [9.17, 15) is 14.0 Å². The molecule has 0 aliphatic rings. The summed E-state index contributed by atoms with van der Waals surface area (Å²) in [7, 11) is 4.58. The van der Waals surface area contributed by atoms with Gasteiger partial charge in [-0.15, -0.1) is 0 Å². The number of benzene rings is 2. The summed E-state index contributed by atoms with van der Waals surface area (Å²) in [5.74, 6) is 0.331. The van der Waals surface area contributed by atoms with Crippen LogP contribution in [0.25, 0.3) is 33.4 Å². The summed E-state index contributed by atoms with van der Waals surface area (Å²) < 4.78 is 21.0. The second-order valence-electron chi connectivity index (χ2n) is 6.69. The van der Waals surface area contributed by atoms with E-state index in [1.165, 1.54) is 23.7 Å². The summed E-state index contributed by atoms with van der Waals surface area (Å²) in [6, 6.07) is 15.0. The third-order valence-electron chi connectivity index (χ3n) is 4.95. The van der Waals surface area contributed by atoms with Gasteiger partial charge in [-0.05, 0) is 48.0 Å². The van der Waals surface area contributed by atoms with Crippen LogP contribution in [0.15, 0.2) is 64.2 Å². The number of aryl methyl sites for hydroxylation is 1. The van der Waals surface area contributed by atoms with Gasteiger partial charge in [-0.1, -0.05) is 12.1 Å². The van der Waals surface area contributed by atoms with Gasteiger partial charge < -0.3 is 4.74 Å². The Morgan fingerprint density at radius 3 is 2.14 bits per heavy atom. The summed E-state index contributed by atoms with van der Waals surface area (Å²) in [6.07, 6.45) is 0. The van der Waals surface area contributed by atoms with Crippen molar-refractivity contribution < 1.29 is 9.13 Å². The van der Waals surface area contributed by atoms with Crippen LogP contribution in [0, 0.1) is 5.82 Å². The van der Waals surface area contributed by atoms with Gasteiger partial charge >= 0.3 is 5.69 Å². The van der Waals surface area contributed by atoms with Crippen molar-refractivity contribution in [3.8, 4) is 28.1 Å². The number of rotatable bonds is 3. The predicted octanol–water partition coefficient (Wildman–Crippen LogP) is 3.11. The summed E-state index contributed by atoms with van der Waals surface area (Å²) in [5, 5.41) is 0.304. The zero-order valence-electron chi connectivity index (χ0n) is 16.1. The Labute approximate surface area is 165 Å². The number of nitrogens with zero attached hydrogens (tertiary/aromatic N) is 3. The normalized spacial score (nSPS) is 11.0. The van der Waals surface area contributed by atoms with Crippen LogP contribution in [-0.2, 0) is 14.1 Å². The molecule has 4 aromatic rings. The molecule has 0 amide bonds. The maximum Gasteiger partial charge on any atom is 0.332 e. The van der Waals surface area contributed by atoms with Gasteiger partial charge in [0.1, 0.15) is 11.6 Å². The number of hydrogen-bond acceptors (Lipinski definition) is 4. The van der Waals surface area contributed by atoms with Crippen LogP contribution in [0.3, 0.4) is 0 Å². The van der Waals surface area contributed by atoms with Crippen molar-refractivity contribution in [2.45, 2.75) is 0 Å². The minimum Gasteiger partial charge on any atom is -0.497 e. The molecule has 0 fully saturated rings. The molecule has 0 saturated carbocycles. The molecule has 29 heavy (non-hydrogen) atoms. The molecule has 0 N–H and O–H groups in total. The fourth-order valence-electron chi connectivity index (χ4n) is 3.32. The van der Waals surface area contributed by atoms with Crippen molar-refractivity contribution in [3.05, 3.63) is 81.3 Å². The fraction of sp³-hybridized carbons (Fsp3) is 0.136. The molecule has 0 radical (unpaired) electrons. The first-order valence-corrected chi connectivity index (χ1v) is 8.92. The number of halogens is 1. The third-order valence-corrected chi connectivity index (χ3v) is 4.95. The molecule has 0 saturated heterocycles. The summed E-state index contributed by atoms with van der Waals surface area (Å²) in [4.78, 5) is 30.0. The van der Waals surface area contributed by atoms with Gasteiger partial charge in [0.05, 0.1) is 18.2 Å². The van der Waals surface area contributed by atoms with Crippen molar-refractivity contribution in [2.24, 2.45) is 14.1 Å². The first-order chi connectivity index (χ1) is 13.9. The minimum absolute atomic E-state index is 0.269. The zero-order valence-corrected chi connectivity index (χ0v) is 16.1. The lowest BCUT2D eigenvalue weighted by atomic mass is 10.00. The second-order valence-corrected chi connectivity index (χ2v) is 6.69. The van der Waals surface area contributed by atoms with E-state index in [4.69, 9.17) is 4.74 Å². The quantitative estimate of drug-likeness (QED) is 0.538. The molecular formula is C22H18FN3O3. The maximum absolute atomic E-state index is 13.5. The van der Waals surface area contributed by atoms with Crippen LogP contribution in [0.2, 0.25) is 0 Å². The molecule has 6 nitrogen and oxygen atoms in total. The van der Waals surface area contributed by atoms with Crippen molar-refractivity contribution in [1.82, 2.24) is 14.1 Å². The van der Waals surface area contributed by atoms with E-state index >= 15 is 0 Å². The number of methoxy groups -OCH3 is 1. The molecule has 0 atom stereocenters. The van der Waals surface area contributed by atoms with Crippen LogP contribution in [0.4, 0.5) is 4.39 Å². The average molecular weight is 391 g/mol.